The molecular weight excluding hydrogens is 400 g/mol. The Morgan fingerprint density at radius 2 is 1.53 bits per heavy atom. The topological polar surface area (TPSA) is 61.3 Å². The number of ether oxygens (including phenoxy) is 2. The first-order chi connectivity index (χ1) is 15.6. The molecule has 0 saturated carbocycles. The van der Waals surface area contributed by atoms with E-state index in [1.54, 1.807) is 6.07 Å². The van der Waals surface area contributed by atoms with Crippen molar-refractivity contribution < 1.29 is 14.3 Å². The number of aromatic nitrogens is 2. The summed E-state index contributed by atoms with van der Waals surface area (Å²) < 4.78 is 10.9. The zero-order valence-electron chi connectivity index (χ0n) is 20.1. The van der Waals surface area contributed by atoms with Gasteiger partial charge in [-0.15, -0.1) is 10.2 Å². The summed E-state index contributed by atoms with van der Waals surface area (Å²) in [6, 6.07) is 12.3. The molecule has 1 heterocycles. The van der Waals surface area contributed by atoms with E-state index < -0.39 is 0 Å². The highest BCUT2D eigenvalue weighted by Crippen LogP contribution is 2.20. The van der Waals surface area contributed by atoms with Crippen molar-refractivity contribution in [1.82, 2.24) is 10.2 Å². The Kier molecular flexibility index (Phi) is 12.4. The third-order valence-electron chi connectivity index (χ3n) is 5.49. The fourth-order valence-electron chi connectivity index (χ4n) is 3.52. The van der Waals surface area contributed by atoms with Crippen LogP contribution in [-0.4, -0.2) is 28.9 Å². The number of benzene rings is 1. The maximum Gasteiger partial charge on any atom is 0.306 e. The molecule has 1 aromatic heterocycles. The number of carbonyl (C=O) groups excluding carboxylic acids is 1. The molecule has 0 saturated heterocycles. The minimum atomic E-state index is -0.315. The van der Waals surface area contributed by atoms with Gasteiger partial charge in [0.1, 0.15) is 12.7 Å². The van der Waals surface area contributed by atoms with E-state index in [0.717, 1.165) is 30.5 Å². The molecule has 0 fully saturated rings. The molecule has 176 valence electrons. The largest absolute Gasteiger partial charge is 0.473 e. The zero-order valence-corrected chi connectivity index (χ0v) is 20.1. The summed E-state index contributed by atoms with van der Waals surface area (Å²) >= 11 is 0. The van der Waals surface area contributed by atoms with Crippen LogP contribution < -0.4 is 4.74 Å². The lowest BCUT2D eigenvalue weighted by molar-refractivity contribution is -0.149. The second kappa shape index (κ2) is 15.4. The van der Waals surface area contributed by atoms with Crippen LogP contribution in [-0.2, 0) is 16.0 Å². The van der Waals surface area contributed by atoms with Crippen molar-refractivity contribution in [3.05, 3.63) is 42.0 Å². The van der Waals surface area contributed by atoms with Gasteiger partial charge in [0.05, 0.1) is 5.69 Å². The highest BCUT2D eigenvalue weighted by Gasteiger charge is 2.10. The van der Waals surface area contributed by atoms with Crippen LogP contribution in [0.15, 0.2) is 36.4 Å². The Labute approximate surface area is 193 Å². The van der Waals surface area contributed by atoms with E-state index in [1.165, 1.54) is 50.5 Å². The minimum Gasteiger partial charge on any atom is -0.473 e. The summed E-state index contributed by atoms with van der Waals surface area (Å²) in [5.41, 5.74) is 3.24. The number of carbonyl (C=O) groups is 1. The van der Waals surface area contributed by atoms with Gasteiger partial charge in [-0.05, 0) is 37.8 Å². The Bertz CT molecular complexity index is 759. The smallest absolute Gasteiger partial charge is 0.306 e. The van der Waals surface area contributed by atoms with Gasteiger partial charge in [0.2, 0.25) is 5.88 Å². The van der Waals surface area contributed by atoms with Crippen molar-refractivity contribution in [2.75, 3.05) is 6.61 Å². The number of rotatable bonds is 16. The van der Waals surface area contributed by atoms with Gasteiger partial charge in [-0.3, -0.25) is 4.79 Å². The fourth-order valence-corrected chi connectivity index (χ4v) is 3.52. The first kappa shape index (κ1) is 25.8. The third kappa shape index (κ3) is 10.3. The Morgan fingerprint density at radius 1 is 0.844 bits per heavy atom. The van der Waals surface area contributed by atoms with Crippen LogP contribution >= 0.6 is 0 Å². The predicted molar refractivity (Wildman–Crippen MR) is 130 cm³/mol. The molecule has 5 heteroatoms. The van der Waals surface area contributed by atoms with Gasteiger partial charge in [0.15, 0.2) is 0 Å². The number of aryl methyl sites for hydroxylation is 1. The first-order valence-corrected chi connectivity index (χ1v) is 12.4. The van der Waals surface area contributed by atoms with Crippen LogP contribution in [0.5, 0.6) is 5.88 Å². The normalized spacial score (nSPS) is 11.8. The van der Waals surface area contributed by atoms with Crippen molar-refractivity contribution in [3.63, 3.8) is 0 Å². The molecule has 0 amide bonds. The van der Waals surface area contributed by atoms with Gasteiger partial charge in [-0.1, -0.05) is 83.1 Å². The molecule has 0 aliphatic heterocycles. The number of hydrogen-bond acceptors (Lipinski definition) is 5. The summed E-state index contributed by atoms with van der Waals surface area (Å²) in [5, 5.41) is 8.44. The molecule has 0 spiro atoms. The number of unbranched alkanes of at least 4 members (excludes halogenated alkanes) is 7. The molecule has 0 aliphatic carbocycles. The van der Waals surface area contributed by atoms with Gasteiger partial charge >= 0.3 is 5.97 Å². The van der Waals surface area contributed by atoms with E-state index in [1.807, 2.05) is 19.9 Å². The number of nitrogens with zero attached hydrogens (tertiary/aromatic N) is 2. The molecule has 1 aromatic carbocycles. The quantitative estimate of drug-likeness (QED) is 0.209. The third-order valence-corrected chi connectivity index (χ3v) is 5.49. The van der Waals surface area contributed by atoms with Crippen LogP contribution in [0.3, 0.4) is 0 Å². The van der Waals surface area contributed by atoms with Gasteiger partial charge in [-0.2, -0.15) is 0 Å². The average molecular weight is 441 g/mol. The highest BCUT2D eigenvalue weighted by atomic mass is 16.6. The summed E-state index contributed by atoms with van der Waals surface area (Å²) in [6.07, 6.45) is 12.4. The Balaban J connectivity index is 1.72. The van der Waals surface area contributed by atoms with Crippen molar-refractivity contribution in [1.29, 1.82) is 0 Å². The maximum absolute atomic E-state index is 11.7. The molecule has 0 aliphatic rings. The summed E-state index contributed by atoms with van der Waals surface area (Å²) in [4.78, 5) is 11.7. The minimum absolute atomic E-state index is 0.181. The molecule has 2 aromatic rings. The number of esters is 1. The molecule has 0 radical (unpaired) electrons. The van der Waals surface area contributed by atoms with Crippen LogP contribution in [0.25, 0.3) is 11.3 Å². The molecule has 5 nitrogen and oxygen atoms in total. The summed E-state index contributed by atoms with van der Waals surface area (Å²) in [6.45, 7) is 6.39. The predicted octanol–water partition coefficient (Wildman–Crippen LogP) is 6.94. The van der Waals surface area contributed by atoms with E-state index >= 15 is 0 Å². The van der Waals surface area contributed by atoms with E-state index in [9.17, 15) is 4.79 Å². The van der Waals surface area contributed by atoms with Gasteiger partial charge in [-0.25, -0.2) is 0 Å². The second-order valence-electron chi connectivity index (χ2n) is 8.54. The fraction of sp³-hybridized carbons (Fsp3) is 0.593. The average Bonchev–Trinajstić information content (AvgIpc) is 2.81. The highest BCUT2D eigenvalue weighted by molar-refractivity contribution is 5.69. The van der Waals surface area contributed by atoms with Crippen molar-refractivity contribution in [3.8, 4) is 17.1 Å². The van der Waals surface area contributed by atoms with E-state index in [2.05, 4.69) is 41.4 Å². The molecule has 1 atom stereocenters. The Morgan fingerprint density at radius 3 is 2.19 bits per heavy atom. The molecule has 0 N–H and O–H groups in total. The first-order valence-electron chi connectivity index (χ1n) is 12.4. The van der Waals surface area contributed by atoms with Crippen molar-refractivity contribution >= 4 is 5.97 Å². The van der Waals surface area contributed by atoms with Crippen LogP contribution in [0.4, 0.5) is 0 Å². The molecular formula is C27H40N2O3. The van der Waals surface area contributed by atoms with Crippen molar-refractivity contribution in [2.24, 2.45) is 0 Å². The van der Waals surface area contributed by atoms with E-state index in [4.69, 9.17) is 9.47 Å². The van der Waals surface area contributed by atoms with Crippen LogP contribution in [0.2, 0.25) is 0 Å². The molecule has 2 rings (SSSR count). The van der Waals surface area contributed by atoms with E-state index in [-0.39, 0.29) is 18.7 Å². The van der Waals surface area contributed by atoms with Crippen molar-refractivity contribution in [2.45, 2.75) is 97.5 Å². The number of hydrogen-bond donors (Lipinski definition) is 0. The maximum atomic E-state index is 11.7. The lowest BCUT2D eigenvalue weighted by atomic mass is 10.0. The molecule has 32 heavy (non-hydrogen) atoms. The standard InChI is InChI=1S/C27H40N2O3/c1-4-6-8-9-10-11-12-13-23-15-17-24(18-16-23)25-19-20-26(29-28-25)31-21-22(3)32-27(30)14-7-5-2/h15-20,22H,4-14,21H2,1-3H3. The summed E-state index contributed by atoms with van der Waals surface area (Å²) in [7, 11) is 0. The molecule has 1 unspecified atom stereocenters. The van der Waals surface area contributed by atoms with Gasteiger partial charge in [0, 0.05) is 18.1 Å². The van der Waals surface area contributed by atoms with Crippen LogP contribution in [0.1, 0.15) is 90.5 Å². The Hall–Kier alpha value is -2.43. The lowest BCUT2D eigenvalue weighted by Gasteiger charge is -2.13. The zero-order chi connectivity index (χ0) is 23.0. The lowest BCUT2D eigenvalue weighted by Crippen LogP contribution is -2.22. The second-order valence-corrected chi connectivity index (χ2v) is 8.54. The van der Waals surface area contributed by atoms with Crippen LogP contribution in [0, 0.1) is 0 Å². The van der Waals surface area contributed by atoms with Gasteiger partial charge < -0.3 is 9.47 Å². The SMILES string of the molecule is CCCCCCCCCc1ccc(-c2ccc(OCC(C)OC(=O)CCCC)nn2)cc1. The summed E-state index contributed by atoms with van der Waals surface area (Å²) in [5.74, 6) is 0.251. The monoisotopic (exact) mass is 440 g/mol. The van der Waals surface area contributed by atoms with Gasteiger partial charge in [0.25, 0.3) is 0 Å². The molecule has 0 bridgehead atoms. The van der Waals surface area contributed by atoms with E-state index in [0.29, 0.717) is 12.3 Å².